The first-order valence-electron chi connectivity index (χ1n) is 5.08. The predicted molar refractivity (Wildman–Crippen MR) is 61.4 cm³/mol. The molecule has 1 saturated heterocycles. The van der Waals surface area contributed by atoms with Crippen molar-refractivity contribution >= 4 is 23.5 Å². The summed E-state index contributed by atoms with van der Waals surface area (Å²) >= 11 is 1.51. The average molecular weight is 239 g/mol. The minimum atomic E-state index is -0.326. The van der Waals surface area contributed by atoms with Crippen molar-refractivity contribution in [2.45, 2.75) is 24.0 Å². The lowest BCUT2D eigenvalue weighted by Gasteiger charge is -2.09. The number of rotatable bonds is 3. The number of carbonyl (C=O) groups is 1. The van der Waals surface area contributed by atoms with Crippen molar-refractivity contribution in [1.82, 2.24) is 9.97 Å². The number of ether oxygens (including phenoxy) is 1. The van der Waals surface area contributed by atoms with E-state index in [9.17, 15) is 4.79 Å². The molecular formula is C10H13N3O2S. The van der Waals surface area contributed by atoms with Crippen molar-refractivity contribution in [2.24, 2.45) is 0 Å². The minimum absolute atomic E-state index is 0.122. The molecule has 0 radical (unpaired) electrons. The Balaban J connectivity index is 1.99. The van der Waals surface area contributed by atoms with Crippen molar-refractivity contribution in [2.75, 3.05) is 18.2 Å². The second-order valence-corrected chi connectivity index (χ2v) is 4.26. The van der Waals surface area contributed by atoms with Crippen molar-refractivity contribution in [3.05, 3.63) is 12.4 Å². The molecule has 0 spiro atoms. The maximum absolute atomic E-state index is 11.7. The number of hydrogen-bond acceptors (Lipinski definition) is 5. The molecule has 0 aliphatic carbocycles. The Morgan fingerprint density at radius 2 is 2.50 bits per heavy atom. The van der Waals surface area contributed by atoms with E-state index in [0.29, 0.717) is 12.4 Å². The lowest BCUT2D eigenvalue weighted by Crippen LogP contribution is -2.27. The molecule has 1 amide bonds. The second kappa shape index (κ2) is 5.27. The monoisotopic (exact) mass is 239 g/mol. The van der Waals surface area contributed by atoms with Crippen LogP contribution in [0.25, 0.3) is 0 Å². The highest BCUT2D eigenvalue weighted by molar-refractivity contribution is 7.98. The zero-order chi connectivity index (χ0) is 11.4. The Labute approximate surface area is 98.0 Å². The van der Waals surface area contributed by atoms with Crippen molar-refractivity contribution in [3.63, 3.8) is 0 Å². The molecule has 2 heterocycles. The van der Waals surface area contributed by atoms with E-state index in [2.05, 4.69) is 15.3 Å². The molecule has 2 rings (SSSR count). The van der Waals surface area contributed by atoms with Crippen LogP contribution in [-0.2, 0) is 9.53 Å². The molecule has 86 valence electrons. The molecule has 1 N–H and O–H groups in total. The van der Waals surface area contributed by atoms with Crippen LogP contribution in [0.2, 0.25) is 0 Å². The summed E-state index contributed by atoms with van der Waals surface area (Å²) in [5.41, 5.74) is 0. The van der Waals surface area contributed by atoms with Crippen LogP contribution in [-0.4, -0.2) is 34.8 Å². The van der Waals surface area contributed by atoms with E-state index in [0.717, 1.165) is 17.9 Å². The first kappa shape index (κ1) is 11.3. The molecule has 1 aliphatic rings. The number of carbonyl (C=O) groups excluding carboxylic acids is 1. The topological polar surface area (TPSA) is 64.1 Å². The van der Waals surface area contributed by atoms with Gasteiger partial charge < -0.3 is 10.1 Å². The Hall–Kier alpha value is -1.14. The van der Waals surface area contributed by atoms with Gasteiger partial charge in [0.2, 0.25) is 0 Å². The summed E-state index contributed by atoms with van der Waals surface area (Å²) in [7, 11) is 0. The zero-order valence-electron chi connectivity index (χ0n) is 8.97. The molecule has 1 atom stereocenters. The van der Waals surface area contributed by atoms with E-state index in [1.807, 2.05) is 6.26 Å². The van der Waals surface area contributed by atoms with E-state index in [1.165, 1.54) is 18.1 Å². The number of anilines is 1. The molecule has 0 saturated carbocycles. The summed E-state index contributed by atoms with van der Waals surface area (Å²) in [6.45, 7) is 0.665. The summed E-state index contributed by atoms with van der Waals surface area (Å²) in [6, 6.07) is 1.75. The van der Waals surface area contributed by atoms with Crippen LogP contribution in [0.3, 0.4) is 0 Å². The summed E-state index contributed by atoms with van der Waals surface area (Å²) in [5, 5.41) is 3.56. The predicted octanol–water partition coefficient (Wildman–Crippen LogP) is 1.32. The standard InChI is InChI=1S/C10H13N3O2S/c1-16-9-5-8(11-6-12-9)13-10(14)7-3-2-4-15-7/h5-7H,2-4H2,1H3,(H,11,12,13,14)/t7-/m1/s1. The third-order valence-corrected chi connectivity index (χ3v) is 2.97. The molecule has 1 aliphatic heterocycles. The van der Waals surface area contributed by atoms with Gasteiger partial charge in [0.05, 0.1) is 0 Å². The van der Waals surface area contributed by atoms with Gasteiger partial charge in [-0.1, -0.05) is 0 Å². The number of aromatic nitrogens is 2. The molecular weight excluding hydrogens is 226 g/mol. The third-order valence-electron chi connectivity index (χ3n) is 2.32. The minimum Gasteiger partial charge on any atom is -0.368 e. The Morgan fingerprint density at radius 3 is 3.19 bits per heavy atom. The van der Waals surface area contributed by atoms with Crippen LogP contribution < -0.4 is 5.32 Å². The van der Waals surface area contributed by atoms with Gasteiger partial charge in [-0.25, -0.2) is 9.97 Å². The molecule has 0 bridgehead atoms. The van der Waals surface area contributed by atoms with Crippen LogP contribution in [0, 0.1) is 0 Å². The van der Waals surface area contributed by atoms with Crippen LogP contribution >= 0.6 is 11.8 Å². The maximum Gasteiger partial charge on any atom is 0.254 e. The van der Waals surface area contributed by atoms with Crippen LogP contribution in [0.15, 0.2) is 17.4 Å². The molecule has 16 heavy (non-hydrogen) atoms. The van der Waals surface area contributed by atoms with Gasteiger partial charge in [0, 0.05) is 12.7 Å². The fraction of sp³-hybridized carbons (Fsp3) is 0.500. The lowest BCUT2D eigenvalue weighted by molar-refractivity contribution is -0.124. The maximum atomic E-state index is 11.7. The van der Waals surface area contributed by atoms with E-state index in [4.69, 9.17) is 4.74 Å². The summed E-state index contributed by atoms with van der Waals surface area (Å²) in [6.07, 6.45) is 4.77. The summed E-state index contributed by atoms with van der Waals surface area (Å²) in [5.74, 6) is 0.406. The highest BCUT2D eigenvalue weighted by Crippen LogP contribution is 2.16. The van der Waals surface area contributed by atoms with Crippen LogP contribution in [0.5, 0.6) is 0 Å². The molecule has 1 fully saturated rings. The van der Waals surface area contributed by atoms with Gasteiger partial charge in [0.15, 0.2) is 0 Å². The van der Waals surface area contributed by atoms with Crippen molar-refractivity contribution in [1.29, 1.82) is 0 Å². The van der Waals surface area contributed by atoms with Crippen LogP contribution in [0.1, 0.15) is 12.8 Å². The fourth-order valence-corrected chi connectivity index (χ4v) is 1.89. The van der Waals surface area contributed by atoms with E-state index in [1.54, 1.807) is 6.07 Å². The largest absolute Gasteiger partial charge is 0.368 e. The van der Waals surface area contributed by atoms with E-state index >= 15 is 0 Å². The number of amides is 1. The van der Waals surface area contributed by atoms with Gasteiger partial charge in [-0.05, 0) is 19.1 Å². The Morgan fingerprint density at radius 1 is 1.62 bits per heavy atom. The van der Waals surface area contributed by atoms with Gasteiger partial charge in [0.25, 0.3) is 5.91 Å². The first-order chi connectivity index (χ1) is 7.79. The summed E-state index contributed by atoms with van der Waals surface area (Å²) in [4.78, 5) is 19.7. The van der Waals surface area contributed by atoms with Gasteiger partial charge in [-0.15, -0.1) is 11.8 Å². The molecule has 5 nitrogen and oxygen atoms in total. The van der Waals surface area contributed by atoms with Gasteiger partial charge in [0.1, 0.15) is 23.3 Å². The smallest absolute Gasteiger partial charge is 0.254 e. The molecule has 1 aromatic heterocycles. The van der Waals surface area contributed by atoms with Gasteiger partial charge in [-0.2, -0.15) is 0 Å². The SMILES string of the molecule is CSc1cc(NC(=O)[C@H]2CCCO2)ncn1. The number of hydrogen-bond donors (Lipinski definition) is 1. The van der Waals surface area contributed by atoms with Crippen LogP contribution in [0.4, 0.5) is 5.82 Å². The summed E-state index contributed by atoms with van der Waals surface area (Å²) < 4.78 is 5.28. The normalized spacial score (nSPS) is 19.7. The average Bonchev–Trinajstić information content (AvgIpc) is 2.83. The molecule has 6 heteroatoms. The number of thioether (sulfide) groups is 1. The fourth-order valence-electron chi connectivity index (χ4n) is 1.51. The number of nitrogens with one attached hydrogen (secondary N) is 1. The quantitative estimate of drug-likeness (QED) is 0.636. The third kappa shape index (κ3) is 2.70. The molecule has 0 aromatic carbocycles. The van der Waals surface area contributed by atoms with E-state index < -0.39 is 0 Å². The van der Waals surface area contributed by atoms with Crippen molar-refractivity contribution < 1.29 is 9.53 Å². The first-order valence-corrected chi connectivity index (χ1v) is 6.30. The highest BCUT2D eigenvalue weighted by Gasteiger charge is 2.23. The zero-order valence-corrected chi connectivity index (χ0v) is 9.79. The van der Waals surface area contributed by atoms with Gasteiger partial charge in [-0.3, -0.25) is 4.79 Å². The lowest BCUT2D eigenvalue weighted by atomic mass is 10.2. The Bertz CT molecular complexity index is 380. The highest BCUT2D eigenvalue weighted by atomic mass is 32.2. The van der Waals surface area contributed by atoms with Gasteiger partial charge >= 0.3 is 0 Å². The second-order valence-electron chi connectivity index (χ2n) is 3.44. The van der Waals surface area contributed by atoms with E-state index in [-0.39, 0.29) is 12.0 Å². The molecule has 0 unspecified atom stereocenters. The number of nitrogens with zero attached hydrogens (tertiary/aromatic N) is 2. The molecule has 1 aromatic rings. The Kier molecular flexibility index (Phi) is 3.74. The van der Waals surface area contributed by atoms with Crippen molar-refractivity contribution in [3.8, 4) is 0 Å².